The van der Waals surface area contributed by atoms with Crippen molar-refractivity contribution < 1.29 is 9.21 Å². The number of benzene rings is 1. The molecule has 70 valence electrons. The molecule has 0 radical (unpaired) electrons. The van der Waals surface area contributed by atoms with Gasteiger partial charge in [0.1, 0.15) is 11.9 Å². The van der Waals surface area contributed by atoms with E-state index in [0.717, 1.165) is 0 Å². The zero-order valence-electron chi connectivity index (χ0n) is 7.61. The summed E-state index contributed by atoms with van der Waals surface area (Å²) in [5.74, 6) is 0. The number of hydrogen-bond donors (Lipinski definition) is 0. The first kappa shape index (κ1) is 8.69. The molecule has 2 rings (SSSR count). The van der Waals surface area contributed by atoms with Crippen LogP contribution in [0.1, 0.15) is 15.9 Å². The molecule has 2 aromatic rings. The number of carbonyl (C=O) groups excluding carboxylic acids is 1. The Hall–Kier alpha value is -1.90. The quantitative estimate of drug-likeness (QED) is 0.642. The highest BCUT2D eigenvalue weighted by molar-refractivity contribution is 5.85. The third kappa shape index (κ3) is 1.23. The van der Waals surface area contributed by atoms with Gasteiger partial charge in [0, 0.05) is 11.1 Å². The van der Waals surface area contributed by atoms with E-state index in [2.05, 4.69) is 0 Å². The molecule has 0 spiro atoms. The van der Waals surface area contributed by atoms with Crippen molar-refractivity contribution in [3.63, 3.8) is 0 Å². The Morgan fingerprint density at radius 2 is 2.14 bits per heavy atom. The van der Waals surface area contributed by atoms with E-state index in [-0.39, 0.29) is 5.43 Å². The third-order valence-electron chi connectivity index (χ3n) is 2.11. The van der Waals surface area contributed by atoms with Gasteiger partial charge in [0.2, 0.25) is 0 Å². The second kappa shape index (κ2) is 3.10. The molecular weight excluding hydrogens is 180 g/mol. The van der Waals surface area contributed by atoms with Crippen molar-refractivity contribution in [1.29, 1.82) is 0 Å². The Morgan fingerprint density at radius 3 is 2.86 bits per heavy atom. The molecule has 1 aromatic carbocycles. The first-order chi connectivity index (χ1) is 6.72. The second-order valence-electron chi connectivity index (χ2n) is 3.12. The Bertz CT molecular complexity index is 552. The maximum atomic E-state index is 11.6. The number of aldehydes is 1. The van der Waals surface area contributed by atoms with Crippen LogP contribution in [0, 0.1) is 6.92 Å². The summed E-state index contributed by atoms with van der Waals surface area (Å²) in [4.78, 5) is 22.1. The van der Waals surface area contributed by atoms with Crippen LogP contribution in [0.3, 0.4) is 0 Å². The summed E-state index contributed by atoms with van der Waals surface area (Å²) in [6.45, 7) is 1.68. The summed E-state index contributed by atoms with van der Waals surface area (Å²) in [7, 11) is 0. The van der Waals surface area contributed by atoms with Gasteiger partial charge in [-0.2, -0.15) is 0 Å². The standard InChI is InChI=1S/C11H8O3/c1-7-6-14-10-3-2-8(5-12)4-9(10)11(7)13/h2-6H,1H3. The van der Waals surface area contributed by atoms with Gasteiger partial charge in [0.05, 0.1) is 11.6 Å². The van der Waals surface area contributed by atoms with E-state index in [1.165, 1.54) is 6.26 Å². The summed E-state index contributed by atoms with van der Waals surface area (Å²) < 4.78 is 5.21. The largest absolute Gasteiger partial charge is 0.464 e. The Labute approximate surface area is 80.0 Å². The van der Waals surface area contributed by atoms with Gasteiger partial charge < -0.3 is 4.42 Å². The lowest BCUT2D eigenvalue weighted by Gasteiger charge is -1.97. The minimum atomic E-state index is -0.0880. The van der Waals surface area contributed by atoms with Crippen molar-refractivity contribution in [1.82, 2.24) is 0 Å². The highest BCUT2D eigenvalue weighted by Crippen LogP contribution is 2.12. The molecule has 0 unspecified atom stereocenters. The lowest BCUT2D eigenvalue weighted by molar-refractivity contribution is 0.112. The van der Waals surface area contributed by atoms with E-state index in [0.29, 0.717) is 28.4 Å². The fourth-order valence-electron chi connectivity index (χ4n) is 1.32. The number of carbonyl (C=O) groups is 1. The molecule has 0 atom stereocenters. The average molecular weight is 188 g/mol. The van der Waals surface area contributed by atoms with Gasteiger partial charge in [-0.25, -0.2) is 0 Å². The molecule has 14 heavy (non-hydrogen) atoms. The van der Waals surface area contributed by atoms with E-state index in [4.69, 9.17) is 4.42 Å². The summed E-state index contributed by atoms with van der Waals surface area (Å²) in [5, 5.41) is 0.453. The van der Waals surface area contributed by atoms with Crippen LogP contribution < -0.4 is 5.43 Å². The Morgan fingerprint density at radius 1 is 1.36 bits per heavy atom. The topological polar surface area (TPSA) is 47.3 Å². The Balaban J connectivity index is 2.91. The molecule has 0 saturated heterocycles. The third-order valence-corrected chi connectivity index (χ3v) is 2.11. The molecule has 0 bridgehead atoms. The minimum absolute atomic E-state index is 0.0880. The number of fused-ring (bicyclic) bond motifs is 1. The predicted molar refractivity (Wildman–Crippen MR) is 52.6 cm³/mol. The van der Waals surface area contributed by atoms with Gasteiger partial charge in [-0.05, 0) is 25.1 Å². The first-order valence-corrected chi connectivity index (χ1v) is 4.20. The SMILES string of the molecule is Cc1coc2ccc(C=O)cc2c1=O. The Kier molecular flexibility index (Phi) is 1.93. The fraction of sp³-hybridized carbons (Fsp3) is 0.0909. The highest BCUT2D eigenvalue weighted by Gasteiger charge is 2.03. The number of hydrogen-bond acceptors (Lipinski definition) is 3. The van der Waals surface area contributed by atoms with E-state index < -0.39 is 0 Å². The van der Waals surface area contributed by atoms with Crippen molar-refractivity contribution in [2.24, 2.45) is 0 Å². The van der Waals surface area contributed by atoms with E-state index in [1.807, 2.05) is 0 Å². The molecule has 0 amide bonds. The van der Waals surface area contributed by atoms with E-state index >= 15 is 0 Å². The zero-order valence-corrected chi connectivity index (χ0v) is 7.61. The molecular formula is C11H8O3. The average Bonchev–Trinajstić information content (AvgIpc) is 2.23. The van der Waals surface area contributed by atoms with Crippen molar-refractivity contribution in [2.75, 3.05) is 0 Å². The van der Waals surface area contributed by atoms with Crippen molar-refractivity contribution >= 4 is 17.3 Å². The van der Waals surface area contributed by atoms with Crippen LogP contribution in [-0.4, -0.2) is 6.29 Å². The summed E-state index contributed by atoms with van der Waals surface area (Å²) in [6, 6.07) is 4.79. The zero-order chi connectivity index (χ0) is 10.1. The summed E-state index contributed by atoms with van der Waals surface area (Å²) in [6.07, 6.45) is 2.13. The van der Waals surface area contributed by atoms with Crippen LogP contribution in [0.25, 0.3) is 11.0 Å². The molecule has 0 N–H and O–H groups in total. The maximum Gasteiger partial charge on any atom is 0.195 e. The maximum absolute atomic E-state index is 11.6. The lowest BCUT2D eigenvalue weighted by Crippen LogP contribution is -2.04. The van der Waals surface area contributed by atoms with Gasteiger partial charge in [0.15, 0.2) is 5.43 Å². The number of rotatable bonds is 1. The van der Waals surface area contributed by atoms with Crippen molar-refractivity contribution in [2.45, 2.75) is 6.92 Å². The molecule has 3 nitrogen and oxygen atoms in total. The highest BCUT2D eigenvalue weighted by atomic mass is 16.3. The van der Waals surface area contributed by atoms with Crippen LogP contribution in [0.15, 0.2) is 33.7 Å². The monoisotopic (exact) mass is 188 g/mol. The van der Waals surface area contributed by atoms with Gasteiger partial charge in [-0.1, -0.05) is 0 Å². The molecule has 0 fully saturated rings. The molecule has 3 heteroatoms. The fourth-order valence-corrected chi connectivity index (χ4v) is 1.32. The van der Waals surface area contributed by atoms with Gasteiger partial charge in [-0.3, -0.25) is 9.59 Å². The lowest BCUT2D eigenvalue weighted by atomic mass is 10.1. The van der Waals surface area contributed by atoms with Crippen LogP contribution >= 0.6 is 0 Å². The molecule has 0 aliphatic rings. The summed E-state index contributed by atoms with van der Waals surface area (Å²) in [5.41, 5.74) is 1.44. The van der Waals surface area contributed by atoms with Gasteiger partial charge in [-0.15, -0.1) is 0 Å². The van der Waals surface area contributed by atoms with Gasteiger partial charge >= 0.3 is 0 Å². The molecule has 0 aliphatic carbocycles. The van der Waals surface area contributed by atoms with Crippen molar-refractivity contribution in [3.8, 4) is 0 Å². The van der Waals surface area contributed by atoms with Crippen LogP contribution in [0.5, 0.6) is 0 Å². The molecule has 0 aliphatic heterocycles. The molecule has 1 aromatic heterocycles. The minimum Gasteiger partial charge on any atom is -0.464 e. The molecule has 1 heterocycles. The summed E-state index contributed by atoms with van der Waals surface area (Å²) >= 11 is 0. The smallest absolute Gasteiger partial charge is 0.195 e. The van der Waals surface area contributed by atoms with E-state index in [1.54, 1.807) is 25.1 Å². The first-order valence-electron chi connectivity index (χ1n) is 4.20. The molecule has 0 saturated carbocycles. The van der Waals surface area contributed by atoms with Crippen LogP contribution in [0.2, 0.25) is 0 Å². The number of aryl methyl sites for hydroxylation is 1. The van der Waals surface area contributed by atoms with Crippen LogP contribution in [0.4, 0.5) is 0 Å². The van der Waals surface area contributed by atoms with E-state index in [9.17, 15) is 9.59 Å². The normalized spacial score (nSPS) is 10.4. The van der Waals surface area contributed by atoms with Crippen molar-refractivity contribution in [3.05, 3.63) is 45.8 Å². The van der Waals surface area contributed by atoms with Crippen LogP contribution in [-0.2, 0) is 0 Å². The van der Waals surface area contributed by atoms with Gasteiger partial charge in [0.25, 0.3) is 0 Å². The second-order valence-corrected chi connectivity index (χ2v) is 3.12. The predicted octanol–water partition coefficient (Wildman–Crippen LogP) is 1.91.